The van der Waals surface area contributed by atoms with Crippen LogP contribution < -0.4 is 4.74 Å². The normalized spacial score (nSPS) is 18.5. The third-order valence-corrected chi connectivity index (χ3v) is 5.29. The molecule has 3 aromatic rings. The van der Waals surface area contributed by atoms with Crippen LogP contribution in [0, 0.1) is 0 Å². The standard InChI is InChI=1S/C22H26N4O/c1-24-12-13-25(17-21(24)19-8-4-3-5-9-19)15-18-14-23-26(16-18)20-10-6-7-11-22(20)27-2/h3-11,14,16,21H,12-13,15,17H2,1-2H3. The van der Waals surface area contributed by atoms with Gasteiger partial charge in [0, 0.05) is 44.0 Å². The Hall–Kier alpha value is -2.63. The molecule has 1 atom stereocenters. The van der Waals surface area contributed by atoms with E-state index in [0.29, 0.717) is 6.04 Å². The molecule has 0 N–H and O–H groups in total. The van der Waals surface area contributed by atoms with Gasteiger partial charge < -0.3 is 4.74 Å². The lowest BCUT2D eigenvalue weighted by atomic mass is 10.0. The molecule has 0 radical (unpaired) electrons. The first-order valence-corrected chi connectivity index (χ1v) is 9.39. The monoisotopic (exact) mass is 362 g/mol. The smallest absolute Gasteiger partial charge is 0.144 e. The van der Waals surface area contributed by atoms with Gasteiger partial charge in [0.2, 0.25) is 0 Å². The molecule has 1 unspecified atom stereocenters. The average Bonchev–Trinajstić information content (AvgIpc) is 3.18. The zero-order chi connectivity index (χ0) is 18.6. The lowest BCUT2D eigenvalue weighted by molar-refractivity contribution is 0.0905. The number of aromatic nitrogens is 2. The summed E-state index contributed by atoms with van der Waals surface area (Å²) in [6.07, 6.45) is 4.07. The van der Waals surface area contributed by atoms with Crippen LogP contribution in [-0.4, -0.2) is 53.4 Å². The van der Waals surface area contributed by atoms with Gasteiger partial charge in [-0.2, -0.15) is 5.10 Å². The molecule has 1 aromatic heterocycles. The van der Waals surface area contributed by atoms with E-state index < -0.39 is 0 Å². The first-order chi connectivity index (χ1) is 13.2. The Morgan fingerprint density at radius 1 is 1.04 bits per heavy atom. The van der Waals surface area contributed by atoms with Gasteiger partial charge in [0.1, 0.15) is 11.4 Å². The second kappa shape index (κ2) is 7.94. The maximum absolute atomic E-state index is 5.46. The van der Waals surface area contributed by atoms with E-state index in [9.17, 15) is 0 Å². The Labute approximate surface area is 160 Å². The van der Waals surface area contributed by atoms with Crippen LogP contribution in [0.4, 0.5) is 0 Å². The van der Waals surface area contributed by atoms with Crippen molar-refractivity contribution >= 4 is 0 Å². The Bertz CT molecular complexity index is 877. The number of para-hydroxylation sites is 2. The minimum absolute atomic E-state index is 0.434. The fourth-order valence-electron chi connectivity index (χ4n) is 3.76. The SMILES string of the molecule is COc1ccccc1-n1cc(CN2CCN(C)C(c3ccccc3)C2)cn1. The topological polar surface area (TPSA) is 33.5 Å². The van der Waals surface area contributed by atoms with Gasteiger partial charge in [0.05, 0.1) is 13.3 Å². The third kappa shape index (κ3) is 3.89. The van der Waals surface area contributed by atoms with Crippen molar-refractivity contribution in [2.75, 3.05) is 33.8 Å². The Balaban J connectivity index is 1.48. The zero-order valence-corrected chi connectivity index (χ0v) is 16.0. The molecule has 0 spiro atoms. The minimum atomic E-state index is 0.434. The van der Waals surface area contributed by atoms with Crippen molar-refractivity contribution < 1.29 is 4.74 Å². The summed E-state index contributed by atoms with van der Waals surface area (Å²) < 4.78 is 7.36. The van der Waals surface area contributed by atoms with Crippen LogP contribution in [0.3, 0.4) is 0 Å². The van der Waals surface area contributed by atoms with Crippen LogP contribution in [-0.2, 0) is 6.54 Å². The van der Waals surface area contributed by atoms with Crippen LogP contribution in [0.5, 0.6) is 5.75 Å². The van der Waals surface area contributed by atoms with Crippen molar-refractivity contribution in [2.24, 2.45) is 0 Å². The number of hydrogen-bond acceptors (Lipinski definition) is 4. The minimum Gasteiger partial charge on any atom is -0.494 e. The maximum atomic E-state index is 5.46. The third-order valence-electron chi connectivity index (χ3n) is 5.29. The van der Waals surface area contributed by atoms with E-state index in [0.717, 1.165) is 37.6 Å². The summed E-state index contributed by atoms with van der Waals surface area (Å²) >= 11 is 0. The summed E-state index contributed by atoms with van der Waals surface area (Å²) in [7, 11) is 3.91. The molecule has 0 saturated carbocycles. The molecule has 2 aromatic carbocycles. The van der Waals surface area contributed by atoms with Gasteiger partial charge in [-0.3, -0.25) is 9.80 Å². The first kappa shape index (κ1) is 17.8. The van der Waals surface area contributed by atoms with Crippen LogP contribution in [0.1, 0.15) is 17.2 Å². The van der Waals surface area contributed by atoms with Crippen LogP contribution >= 0.6 is 0 Å². The summed E-state index contributed by atoms with van der Waals surface area (Å²) in [6, 6.07) is 19.2. The highest BCUT2D eigenvalue weighted by atomic mass is 16.5. The maximum Gasteiger partial charge on any atom is 0.144 e. The zero-order valence-electron chi connectivity index (χ0n) is 16.0. The van der Waals surface area contributed by atoms with Gasteiger partial charge in [-0.25, -0.2) is 4.68 Å². The van der Waals surface area contributed by atoms with Crippen LogP contribution in [0.15, 0.2) is 67.0 Å². The number of piperazine rings is 1. The fraction of sp³-hybridized carbons (Fsp3) is 0.318. The van der Waals surface area contributed by atoms with Gasteiger partial charge in [0.25, 0.3) is 0 Å². The van der Waals surface area contributed by atoms with E-state index in [-0.39, 0.29) is 0 Å². The largest absolute Gasteiger partial charge is 0.494 e. The van der Waals surface area contributed by atoms with Gasteiger partial charge in [-0.1, -0.05) is 42.5 Å². The lowest BCUT2D eigenvalue weighted by Crippen LogP contribution is -2.46. The summed E-state index contributed by atoms with van der Waals surface area (Å²) in [5, 5.41) is 4.55. The number of likely N-dealkylation sites (N-methyl/N-ethyl adjacent to an activating group) is 1. The van der Waals surface area contributed by atoms with Crippen LogP contribution in [0.2, 0.25) is 0 Å². The number of ether oxygens (including phenoxy) is 1. The van der Waals surface area contributed by atoms with Crippen molar-refractivity contribution in [3.8, 4) is 11.4 Å². The molecule has 1 fully saturated rings. The highest BCUT2D eigenvalue weighted by Gasteiger charge is 2.25. The van der Waals surface area contributed by atoms with Gasteiger partial charge >= 0.3 is 0 Å². The van der Waals surface area contributed by atoms with E-state index in [1.165, 1.54) is 11.1 Å². The molecule has 5 nitrogen and oxygen atoms in total. The van der Waals surface area contributed by atoms with Crippen molar-refractivity contribution in [3.63, 3.8) is 0 Å². The molecule has 140 valence electrons. The van der Waals surface area contributed by atoms with Crippen molar-refractivity contribution in [1.29, 1.82) is 0 Å². The predicted molar refractivity (Wildman–Crippen MR) is 107 cm³/mol. The molecule has 27 heavy (non-hydrogen) atoms. The van der Waals surface area contributed by atoms with E-state index in [4.69, 9.17) is 4.74 Å². The molecule has 1 aliphatic rings. The molecular formula is C22H26N4O. The average molecular weight is 362 g/mol. The summed E-state index contributed by atoms with van der Waals surface area (Å²) in [4.78, 5) is 4.96. The van der Waals surface area contributed by atoms with E-state index in [1.54, 1.807) is 7.11 Å². The van der Waals surface area contributed by atoms with Gasteiger partial charge in [0.15, 0.2) is 0 Å². The molecule has 1 saturated heterocycles. The Morgan fingerprint density at radius 2 is 1.81 bits per heavy atom. The highest BCUT2D eigenvalue weighted by molar-refractivity contribution is 5.46. The van der Waals surface area contributed by atoms with E-state index in [2.05, 4.69) is 58.5 Å². The Kier molecular flexibility index (Phi) is 5.23. The number of methoxy groups -OCH3 is 1. The first-order valence-electron chi connectivity index (χ1n) is 9.39. The van der Waals surface area contributed by atoms with Crippen molar-refractivity contribution in [1.82, 2.24) is 19.6 Å². The van der Waals surface area contributed by atoms with Crippen molar-refractivity contribution in [3.05, 3.63) is 78.1 Å². The van der Waals surface area contributed by atoms with Gasteiger partial charge in [-0.15, -0.1) is 0 Å². The Morgan fingerprint density at radius 3 is 2.63 bits per heavy atom. The molecule has 0 aliphatic carbocycles. The molecule has 1 aliphatic heterocycles. The molecule has 2 heterocycles. The van der Waals surface area contributed by atoms with Crippen LogP contribution in [0.25, 0.3) is 5.69 Å². The molecular weight excluding hydrogens is 336 g/mol. The number of nitrogens with zero attached hydrogens (tertiary/aromatic N) is 4. The van der Waals surface area contributed by atoms with E-state index in [1.807, 2.05) is 35.1 Å². The second-order valence-corrected chi connectivity index (χ2v) is 7.11. The summed E-state index contributed by atoms with van der Waals surface area (Å²) in [5.74, 6) is 0.830. The van der Waals surface area contributed by atoms with Gasteiger partial charge in [-0.05, 0) is 24.7 Å². The predicted octanol–water partition coefficient (Wildman–Crippen LogP) is 3.37. The summed E-state index contributed by atoms with van der Waals surface area (Å²) in [5.41, 5.74) is 3.57. The molecule has 0 bridgehead atoms. The van der Waals surface area contributed by atoms with E-state index >= 15 is 0 Å². The highest BCUT2D eigenvalue weighted by Crippen LogP contribution is 2.25. The molecule has 4 rings (SSSR count). The lowest BCUT2D eigenvalue weighted by Gasteiger charge is -2.39. The molecule has 5 heteroatoms. The number of benzene rings is 2. The second-order valence-electron chi connectivity index (χ2n) is 7.11. The van der Waals surface area contributed by atoms with Crippen molar-refractivity contribution in [2.45, 2.75) is 12.6 Å². The quantitative estimate of drug-likeness (QED) is 0.697. The number of hydrogen-bond donors (Lipinski definition) is 0. The molecule has 0 amide bonds. The fourth-order valence-corrected chi connectivity index (χ4v) is 3.76. The summed E-state index contributed by atoms with van der Waals surface area (Å²) in [6.45, 7) is 4.08. The number of rotatable bonds is 5.